The molecule has 2 aromatic heterocycles. The van der Waals surface area contributed by atoms with Gasteiger partial charge in [-0.2, -0.15) is 0 Å². The van der Waals surface area contributed by atoms with Crippen molar-refractivity contribution in [3.8, 4) is 0 Å². The van der Waals surface area contributed by atoms with Crippen molar-refractivity contribution in [1.29, 1.82) is 0 Å². The highest BCUT2D eigenvalue weighted by Gasteiger charge is 2.23. The fourth-order valence-electron chi connectivity index (χ4n) is 3.49. The molecule has 0 radical (unpaired) electrons. The van der Waals surface area contributed by atoms with Gasteiger partial charge in [0.25, 0.3) is 0 Å². The molecule has 0 aliphatic heterocycles. The van der Waals surface area contributed by atoms with Crippen molar-refractivity contribution in [3.63, 3.8) is 0 Å². The van der Waals surface area contributed by atoms with Crippen LogP contribution in [-0.4, -0.2) is 18.1 Å². The van der Waals surface area contributed by atoms with Crippen LogP contribution in [0, 0.1) is 0 Å². The molecule has 6 heteroatoms. The topological polar surface area (TPSA) is 72.5 Å². The van der Waals surface area contributed by atoms with Crippen LogP contribution in [0.4, 0.5) is 5.69 Å². The molecule has 0 fully saturated rings. The lowest BCUT2D eigenvalue weighted by Gasteiger charge is -2.06. The summed E-state index contributed by atoms with van der Waals surface area (Å²) in [6.45, 7) is -0.0377. The van der Waals surface area contributed by atoms with Gasteiger partial charge in [-0.15, -0.1) is 0 Å². The van der Waals surface area contributed by atoms with Crippen molar-refractivity contribution in [2.75, 3.05) is 11.9 Å². The maximum atomic E-state index is 13.1. The van der Waals surface area contributed by atoms with E-state index in [-0.39, 0.29) is 29.6 Å². The molecular weight excluding hydrogens is 458 g/mol. The van der Waals surface area contributed by atoms with E-state index in [0.29, 0.717) is 22.4 Å². The summed E-state index contributed by atoms with van der Waals surface area (Å²) in [5.74, 6) is -0.0471. The number of halogens is 1. The van der Waals surface area contributed by atoms with Crippen molar-refractivity contribution in [1.82, 2.24) is 0 Å². The fourth-order valence-corrected chi connectivity index (χ4v) is 3.75. The summed E-state index contributed by atoms with van der Waals surface area (Å²) in [7, 11) is 0. The molecule has 0 amide bonds. The Morgan fingerprint density at radius 1 is 0.839 bits per heavy atom. The van der Waals surface area contributed by atoms with Crippen molar-refractivity contribution >= 4 is 55.1 Å². The number of ketones is 2. The van der Waals surface area contributed by atoms with Gasteiger partial charge < -0.3 is 14.2 Å². The van der Waals surface area contributed by atoms with Gasteiger partial charge in [0.1, 0.15) is 11.2 Å². The Morgan fingerprint density at radius 2 is 1.55 bits per heavy atom. The second-order valence-corrected chi connectivity index (χ2v) is 7.98. The second-order valence-electron chi connectivity index (χ2n) is 7.06. The molecule has 0 aliphatic rings. The first-order valence-corrected chi connectivity index (χ1v) is 10.5. The van der Waals surface area contributed by atoms with E-state index in [4.69, 9.17) is 8.83 Å². The van der Waals surface area contributed by atoms with Gasteiger partial charge in [0.15, 0.2) is 11.5 Å². The molecule has 3 aromatic carbocycles. The Labute approximate surface area is 185 Å². The quantitative estimate of drug-likeness (QED) is 0.286. The average molecular weight is 474 g/mol. The number of carbonyl (C=O) groups excluding carboxylic acids is 2. The summed E-state index contributed by atoms with van der Waals surface area (Å²) >= 11 is 3.38. The van der Waals surface area contributed by atoms with Gasteiger partial charge in [-0.05, 0) is 48.5 Å². The highest BCUT2D eigenvalue weighted by atomic mass is 79.9. The first-order valence-electron chi connectivity index (χ1n) is 9.67. The third-order valence-corrected chi connectivity index (χ3v) is 5.56. The summed E-state index contributed by atoms with van der Waals surface area (Å²) in [4.78, 5) is 25.9. The van der Waals surface area contributed by atoms with Crippen LogP contribution in [0.5, 0.6) is 0 Å². The molecular formula is C25H16BrNO4. The second kappa shape index (κ2) is 7.89. The number of anilines is 1. The molecule has 5 rings (SSSR count). The standard InChI is InChI=1S/C25H16BrNO4/c26-17-11-9-15(10-12-17)24(29)25-23(18-6-2-4-8-21(18)31-25)27-14-19(28)22-13-16-5-1-3-7-20(16)30-22/h1-13,27H,14H2. The van der Waals surface area contributed by atoms with Crippen molar-refractivity contribution in [2.45, 2.75) is 0 Å². The molecule has 5 aromatic rings. The van der Waals surface area contributed by atoms with E-state index in [2.05, 4.69) is 21.2 Å². The normalized spacial score (nSPS) is 11.1. The van der Waals surface area contributed by atoms with E-state index < -0.39 is 0 Å². The van der Waals surface area contributed by atoms with Crippen LogP contribution in [0.25, 0.3) is 21.9 Å². The van der Waals surface area contributed by atoms with Crippen LogP contribution in [0.15, 0.2) is 92.2 Å². The van der Waals surface area contributed by atoms with E-state index in [1.54, 1.807) is 36.4 Å². The van der Waals surface area contributed by atoms with Crippen LogP contribution in [0.1, 0.15) is 26.7 Å². The zero-order chi connectivity index (χ0) is 21.4. The third-order valence-electron chi connectivity index (χ3n) is 5.03. The smallest absolute Gasteiger partial charge is 0.230 e. The Kier molecular flexibility index (Phi) is 4.92. The number of para-hydroxylation sites is 2. The van der Waals surface area contributed by atoms with Gasteiger partial charge in [-0.3, -0.25) is 9.59 Å². The fraction of sp³-hybridized carbons (Fsp3) is 0.0400. The first kappa shape index (κ1) is 19.3. The lowest BCUT2D eigenvalue weighted by Crippen LogP contribution is -2.15. The summed E-state index contributed by atoms with van der Waals surface area (Å²) in [6, 6.07) is 23.6. The van der Waals surface area contributed by atoms with E-state index >= 15 is 0 Å². The minimum Gasteiger partial charge on any atom is -0.453 e. The number of fused-ring (bicyclic) bond motifs is 2. The molecule has 0 atom stereocenters. The molecule has 0 saturated carbocycles. The van der Waals surface area contributed by atoms with Gasteiger partial charge in [0, 0.05) is 20.8 Å². The lowest BCUT2D eigenvalue weighted by molar-refractivity contribution is 0.0978. The SMILES string of the molecule is O=C(CNc1c(C(=O)c2ccc(Br)cc2)oc2ccccc12)c1cc2ccccc2o1. The molecule has 0 spiro atoms. The third kappa shape index (κ3) is 3.66. The Balaban J connectivity index is 1.47. The van der Waals surface area contributed by atoms with Crippen LogP contribution >= 0.6 is 15.9 Å². The zero-order valence-electron chi connectivity index (χ0n) is 16.2. The van der Waals surface area contributed by atoms with E-state index in [1.807, 2.05) is 42.5 Å². The predicted octanol–water partition coefficient (Wildman–Crippen LogP) is 6.47. The highest BCUT2D eigenvalue weighted by molar-refractivity contribution is 9.10. The van der Waals surface area contributed by atoms with Crippen molar-refractivity contribution in [3.05, 3.63) is 100 Å². The number of nitrogens with one attached hydrogen (secondary N) is 1. The molecule has 0 unspecified atom stereocenters. The van der Waals surface area contributed by atoms with Gasteiger partial charge in [0.2, 0.25) is 11.6 Å². The summed E-state index contributed by atoms with van der Waals surface area (Å²) in [5, 5.41) is 4.71. The largest absolute Gasteiger partial charge is 0.453 e. The van der Waals surface area contributed by atoms with Crippen molar-refractivity contribution in [2.24, 2.45) is 0 Å². The maximum Gasteiger partial charge on any atom is 0.230 e. The number of benzene rings is 3. The number of furan rings is 2. The highest BCUT2D eigenvalue weighted by Crippen LogP contribution is 2.33. The number of rotatable bonds is 6. The minimum absolute atomic E-state index is 0.0377. The van der Waals surface area contributed by atoms with E-state index in [0.717, 1.165) is 15.2 Å². The summed E-state index contributed by atoms with van der Waals surface area (Å²) in [5.41, 5.74) is 2.22. The summed E-state index contributed by atoms with van der Waals surface area (Å²) < 4.78 is 12.4. The molecule has 2 heterocycles. The van der Waals surface area contributed by atoms with Crippen LogP contribution in [0.2, 0.25) is 0 Å². The number of hydrogen-bond acceptors (Lipinski definition) is 5. The molecule has 5 nitrogen and oxygen atoms in total. The molecule has 0 bridgehead atoms. The summed E-state index contributed by atoms with van der Waals surface area (Å²) in [6.07, 6.45) is 0. The number of Topliss-reactive ketones (excluding diaryl/α,β-unsaturated/α-hetero) is 1. The number of carbonyl (C=O) groups is 2. The number of hydrogen-bond donors (Lipinski definition) is 1. The van der Waals surface area contributed by atoms with Crippen LogP contribution < -0.4 is 5.32 Å². The average Bonchev–Trinajstić information content (AvgIpc) is 3.39. The Morgan fingerprint density at radius 3 is 2.32 bits per heavy atom. The lowest BCUT2D eigenvalue weighted by atomic mass is 10.1. The van der Waals surface area contributed by atoms with Gasteiger partial charge >= 0.3 is 0 Å². The molecule has 0 saturated heterocycles. The molecule has 152 valence electrons. The molecule has 0 aliphatic carbocycles. The van der Waals surface area contributed by atoms with Gasteiger partial charge in [-0.25, -0.2) is 0 Å². The predicted molar refractivity (Wildman–Crippen MR) is 123 cm³/mol. The van der Waals surface area contributed by atoms with Gasteiger partial charge in [0.05, 0.1) is 12.2 Å². The monoisotopic (exact) mass is 473 g/mol. The zero-order valence-corrected chi connectivity index (χ0v) is 17.8. The molecule has 1 N–H and O–H groups in total. The Hall–Kier alpha value is -3.64. The first-order chi connectivity index (χ1) is 15.1. The maximum absolute atomic E-state index is 13.1. The van der Waals surface area contributed by atoms with Crippen molar-refractivity contribution < 1.29 is 18.4 Å². The van der Waals surface area contributed by atoms with E-state index in [9.17, 15) is 9.59 Å². The van der Waals surface area contributed by atoms with E-state index in [1.165, 1.54) is 0 Å². The van der Waals surface area contributed by atoms with Crippen LogP contribution in [-0.2, 0) is 0 Å². The van der Waals surface area contributed by atoms with Crippen LogP contribution in [0.3, 0.4) is 0 Å². The minimum atomic E-state index is -0.262. The van der Waals surface area contributed by atoms with Gasteiger partial charge in [-0.1, -0.05) is 46.3 Å². The Bertz CT molecular complexity index is 1400. The molecule has 31 heavy (non-hydrogen) atoms.